The Bertz CT molecular complexity index is 484. The largest absolute Gasteiger partial charge is 0.356 e. The van der Waals surface area contributed by atoms with Gasteiger partial charge in [0.05, 0.1) is 17.1 Å². The van der Waals surface area contributed by atoms with Gasteiger partial charge in [0.15, 0.2) is 0 Å². The molecule has 0 saturated carbocycles. The lowest BCUT2D eigenvalue weighted by atomic mass is 10.0. The summed E-state index contributed by atoms with van der Waals surface area (Å²) in [4.78, 5) is 7.17. The fourth-order valence-electron chi connectivity index (χ4n) is 3.17. The van der Waals surface area contributed by atoms with Crippen LogP contribution >= 0.6 is 11.8 Å². The van der Waals surface area contributed by atoms with E-state index in [1.54, 1.807) is 0 Å². The number of fused-ring (bicyclic) bond motifs is 1. The molecule has 4 rings (SSSR count). The molecule has 0 radical (unpaired) electrons. The van der Waals surface area contributed by atoms with E-state index in [1.165, 1.54) is 24.1 Å². The van der Waals surface area contributed by atoms with Crippen LogP contribution in [0.3, 0.4) is 0 Å². The first-order chi connectivity index (χ1) is 8.93. The van der Waals surface area contributed by atoms with Crippen LogP contribution in [0.1, 0.15) is 23.7 Å². The van der Waals surface area contributed by atoms with E-state index < -0.39 is 0 Å². The molecule has 1 saturated heterocycles. The minimum Gasteiger partial charge on any atom is -0.356 e. The molecule has 2 aliphatic heterocycles. The quantitative estimate of drug-likeness (QED) is 0.881. The zero-order valence-electron chi connectivity index (χ0n) is 10.2. The molecule has 0 amide bonds. The summed E-state index contributed by atoms with van der Waals surface area (Å²) in [6.07, 6.45) is 6.61. The number of aryl methyl sites for hydroxylation is 1. The van der Waals surface area contributed by atoms with Gasteiger partial charge in [-0.3, -0.25) is 4.98 Å². The fraction of sp³-hybridized carbons (Fsp3) is 0.500. The molecule has 4 heteroatoms. The Morgan fingerprint density at radius 3 is 3.17 bits per heavy atom. The maximum Gasteiger partial charge on any atom is 0.0845 e. The third-order valence-electron chi connectivity index (χ3n) is 4.25. The monoisotopic (exact) mass is 259 g/mol. The van der Waals surface area contributed by atoms with Gasteiger partial charge in [0, 0.05) is 31.4 Å². The van der Waals surface area contributed by atoms with Crippen molar-refractivity contribution in [3.05, 3.63) is 41.2 Å². The van der Waals surface area contributed by atoms with Gasteiger partial charge in [0.1, 0.15) is 0 Å². The van der Waals surface area contributed by atoms with Gasteiger partial charge in [0.2, 0.25) is 0 Å². The van der Waals surface area contributed by atoms with E-state index in [9.17, 15) is 0 Å². The van der Waals surface area contributed by atoms with Crippen LogP contribution in [-0.2, 0) is 6.42 Å². The van der Waals surface area contributed by atoms with Crippen LogP contribution in [-0.4, -0.2) is 28.3 Å². The number of thioether (sulfide) groups is 1. The van der Waals surface area contributed by atoms with E-state index in [0.717, 1.165) is 19.0 Å². The topological polar surface area (TPSA) is 28.2 Å². The van der Waals surface area contributed by atoms with E-state index in [1.807, 2.05) is 18.0 Å². The second-order valence-corrected chi connectivity index (χ2v) is 6.31. The van der Waals surface area contributed by atoms with Crippen LogP contribution in [0.2, 0.25) is 0 Å². The van der Waals surface area contributed by atoms with Crippen molar-refractivity contribution in [2.75, 3.05) is 13.1 Å². The molecule has 3 nitrogen and oxygen atoms in total. The zero-order valence-corrected chi connectivity index (χ0v) is 11.1. The van der Waals surface area contributed by atoms with Gasteiger partial charge in [-0.25, -0.2) is 0 Å². The molecule has 0 aromatic carbocycles. The number of aromatic nitrogens is 1. The van der Waals surface area contributed by atoms with E-state index in [-0.39, 0.29) is 0 Å². The first-order valence-corrected chi connectivity index (χ1v) is 7.62. The molecule has 94 valence electrons. The minimum absolute atomic E-state index is 0.498. The van der Waals surface area contributed by atoms with Crippen molar-refractivity contribution in [1.29, 1.82) is 0 Å². The predicted molar refractivity (Wildman–Crippen MR) is 74.0 cm³/mol. The third kappa shape index (κ3) is 1.59. The summed E-state index contributed by atoms with van der Waals surface area (Å²) in [5.74, 6) is 0.790. The van der Waals surface area contributed by atoms with E-state index >= 15 is 0 Å². The van der Waals surface area contributed by atoms with Gasteiger partial charge < -0.3 is 10.2 Å². The van der Waals surface area contributed by atoms with Crippen LogP contribution in [0, 0.1) is 5.92 Å². The molecule has 1 fully saturated rings. The van der Waals surface area contributed by atoms with E-state index in [4.69, 9.17) is 0 Å². The Kier molecular flexibility index (Phi) is 2.59. The highest BCUT2D eigenvalue weighted by Gasteiger charge is 2.39. The van der Waals surface area contributed by atoms with Crippen LogP contribution in [0.4, 0.5) is 0 Å². The maximum atomic E-state index is 4.62. The first kappa shape index (κ1) is 10.9. The van der Waals surface area contributed by atoms with Gasteiger partial charge in [-0.1, -0.05) is 6.07 Å². The lowest BCUT2D eigenvalue weighted by Gasteiger charge is -2.40. The smallest absolute Gasteiger partial charge is 0.0845 e. The lowest BCUT2D eigenvalue weighted by molar-refractivity contribution is 0.177. The number of nitrogens with one attached hydrogen (secondary N) is 1. The van der Waals surface area contributed by atoms with Gasteiger partial charge in [-0.2, -0.15) is 0 Å². The molecular formula is C14H17N3S. The lowest BCUT2D eigenvalue weighted by Crippen LogP contribution is -2.51. The third-order valence-corrected chi connectivity index (χ3v) is 5.44. The summed E-state index contributed by atoms with van der Waals surface area (Å²) < 4.78 is 0. The molecule has 1 aliphatic carbocycles. The maximum absolute atomic E-state index is 4.62. The Morgan fingerprint density at radius 1 is 1.39 bits per heavy atom. The van der Waals surface area contributed by atoms with Crippen LogP contribution in [0.5, 0.6) is 0 Å². The Morgan fingerprint density at radius 2 is 2.33 bits per heavy atom. The van der Waals surface area contributed by atoms with Crippen molar-refractivity contribution in [2.45, 2.75) is 24.3 Å². The van der Waals surface area contributed by atoms with Gasteiger partial charge in [-0.15, -0.1) is 11.8 Å². The number of rotatable bonds is 2. The Balaban J connectivity index is 1.61. The fourth-order valence-corrected chi connectivity index (χ4v) is 4.32. The normalized spacial score (nSPS) is 30.6. The van der Waals surface area contributed by atoms with Gasteiger partial charge >= 0.3 is 0 Å². The molecule has 18 heavy (non-hydrogen) atoms. The van der Waals surface area contributed by atoms with Crippen LogP contribution < -0.4 is 5.32 Å². The highest BCUT2D eigenvalue weighted by atomic mass is 32.2. The summed E-state index contributed by atoms with van der Waals surface area (Å²) >= 11 is 1.97. The molecule has 3 aliphatic rings. The number of nitrogens with zero attached hydrogens (tertiary/aromatic N) is 2. The van der Waals surface area contributed by atoms with Crippen LogP contribution in [0.25, 0.3) is 0 Å². The summed E-state index contributed by atoms with van der Waals surface area (Å²) in [6.45, 7) is 2.33. The summed E-state index contributed by atoms with van der Waals surface area (Å²) in [7, 11) is 0. The summed E-state index contributed by atoms with van der Waals surface area (Å²) in [5, 5.41) is 6.25. The van der Waals surface area contributed by atoms with Crippen molar-refractivity contribution < 1.29 is 0 Å². The molecule has 2 unspecified atom stereocenters. The predicted octanol–water partition coefficient (Wildman–Crippen LogP) is 2.13. The standard InChI is InChI=1S/C14H17N3S/c1-2-10-3-4-12(13(10)16-5-1)17-6-7-18-14(17)11-8-15-9-11/h1-2,5-7,11-12,14-15H,3-4,8-9H2. The molecule has 0 spiro atoms. The zero-order chi connectivity index (χ0) is 11.9. The first-order valence-electron chi connectivity index (χ1n) is 6.67. The second-order valence-electron chi connectivity index (χ2n) is 5.28. The average Bonchev–Trinajstić information content (AvgIpc) is 2.92. The minimum atomic E-state index is 0.498. The van der Waals surface area contributed by atoms with Crippen molar-refractivity contribution in [2.24, 2.45) is 5.92 Å². The SMILES string of the molecule is C1=CN(C2CCc3cccnc32)C(C2CNC2)S1. The number of hydrogen-bond acceptors (Lipinski definition) is 4. The van der Waals surface area contributed by atoms with E-state index in [0.29, 0.717) is 11.4 Å². The van der Waals surface area contributed by atoms with Crippen molar-refractivity contribution >= 4 is 11.8 Å². The Hall–Kier alpha value is -1.00. The molecule has 1 aromatic rings. The van der Waals surface area contributed by atoms with Crippen molar-refractivity contribution in [1.82, 2.24) is 15.2 Å². The van der Waals surface area contributed by atoms with Gasteiger partial charge in [0.25, 0.3) is 0 Å². The molecule has 1 aromatic heterocycles. The highest BCUT2D eigenvalue weighted by Crippen LogP contribution is 2.43. The average molecular weight is 259 g/mol. The molecule has 1 N–H and O–H groups in total. The van der Waals surface area contributed by atoms with E-state index in [2.05, 4.69) is 38.9 Å². The number of pyridine rings is 1. The molecule has 3 heterocycles. The highest BCUT2D eigenvalue weighted by molar-refractivity contribution is 8.02. The van der Waals surface area contributed by atoms with Gasteiger partial charge in [-0.05, 0) is 29.9 Å². The van der Waals surface area contributed by atoms with Crippen molar-refractivity contribution in [3.8, 4) is 0 Å². The van der Waals surface area contributed by atoms with Crippen LogP contribution in [0.15, 0.2) is 29.9 Å². The Labute approximate surface area is 112 Å². The molecular weight excluding hydrogens is 242 g/mol. The molecule has 2 atom stereocenters. The molecule has 0 bridgehead atoms. The summed E-state index contributed by atoms with van der Waals surface area (Å²) in [5.41, 5.74) is 2.75. The van der Waals surface area contributed by atoms with Crippen molar-refractivity contribution in [3.63, 3.8) is 0 Å². The summed E-state index contributed by atoms with van der Waals surface area (Å²) in [6, 6.07) is 4.79. The second kappa shape index (κ2) is 4.28. The number of hydrogen-bond donors (Lipinski definition) is 1.